The van der Waals surface area contributed by atoms with Gasteiger partial charge in [-0.15, -0.1) is 0 Å². The fourth-order valence-corrected chi connectivity index (χ4v) is 3.81. The second-order valence-electron chi connectivity index (χ2n) is 6.21. The van der Waals surface area contributed by atoms with Gasteiger partial charge in [0.1, 0.15) is 5.75 Å². The fraction of sp³-hybridized carbons (Fsp3) is 0.625. The van der Waals surface area contributed by atoms with Gasteiger partial charge in [0.25, 0.3) is 0 Å². The molecule has 3 saturated carbocycles. The zero-order valence-corrected chi connectivity index (χ0v) is 11.3. The average molecular weight is 246 g/mol. The molecule has 1 N–H and O–H groups in total. The van der Waals surface area contributed by atoms with E-state index >= 15 is 0 Å². The van der Waals surface area contributed by atoms with Gasteiger partial charge in [-0.1, -0.05) is 17.7 Å². The van der Waals surface area contributed by atoms with Crippen LogP contribution in [-0.2, 0) is 5.41 Å². The molecule has 2 bridgehead atoms. The van der Waals surface area contributed by atoms with Crippen molar-refractivity contribution in [3.8, 4) is 5.75 Å². The first-order valence-corrected chi connectivity index (χ1v) is 6.95. The van der Waals surface area contributed by atoms with Crippen LogP contribution in [-0.4, -0.2) is 17.8 Å². The number of ether oxygens (including phenoxy) is 1. The van der Waals surface area contributed by atoms with Crippen molar-refractivity contribution in [2.24, 2.45) is 0 Å². The summed E-state index contributed by atoms with van der Waals surface area (Å²) in [7, 11) is 1.76. The Morgan fingerprint density at radius 1 is 1.06 bits per heavy atom. The summed E-state index contributed by atoms with van der Waals surface area (Å²) in [6.45, 7) is 2.14. The number of benzene rings is 1. The molecule has 18 heavy (non-hydrogen) atoms. The maximum atomic E-state index is 10.3. The third kappa shape index (κ3) is 1.74. The minimum atomic E-state index is -0.362. The Morgan fingerprint density at radius 3 is 2.22 bits per heavy atom. The van der Waals surface area contributed by atoms with Gasteiger partial charge >= 0.3 is 0 Å². The molecule has 0 radical (unpaired) electrons. The summed E-state index contributed by atoms with van der Waals surface area (Å²) in [6, 6.07) is 6.49. The van der Waals surface area contributed by atoms with Crippen LogP contribution in [0.15, 0.2) is 18.2 Å². The van der Waals surface area contributed by atoms with E-state index in [0.29, 0.717) is 0 Å². The molecule has 0 aliphatic heterocycles. The first kappa shape index (κ1) is 12.0. The molecule has 0 heterocycles. The molecule has 2 nitrogen and oxygen atoms in total. The predicted octanol–water partition coefficient (Wildman–Crippen LogP) is 3.34. The van der Waals surface area contributed by atoms with Crippen molar-refractivity contribution >= 4 is 0 Å². The lowest BCUT2D eigenvalue weighted by Gasteiger charge is -2.51. The number of hydrogen-bond donors (Lipinski definition) is 1. The largest absolute Gasteiger partial charge is 0.496 e. The summed E-state index contributed by atoms with van der Waals surface area (Å²) in [5, 5.41) is 10.3. The summed E-state index contributed by atoms with van der Waals surface area (Å²) >= 11 is 0. The molecule has 2 heteroatoms. The van der Waals surface area contributed by atoms with E-state index in [9.17, 15) is 5.11 Å². The van der Waals surface area contributed by atoms with Gasteiger partial charge < -0.3 is 9.84 Å². The van der Waals surface area contributed by atoms with E-state index < -0.39 is 0 Å². The molecule has 0 aromatic heterocycles. The highest BCUT2D eigenvalue weighted by Crippen LogP contribution is 2.55. The van der Waals surface area contributed by atoms with Crippen molar-refractivity contribution in [3.63, 3.8) is 0 Å². The molecular formula is C16H22O2. The van der Waals surface area contributed by atoms with Crippen molar-refractivity contribution in [2.45, 2.75) is 56.5 Å². The first-order chi connectivity index (χ1) is 8.57. The van der Waals surface area contributed by atoms with Gasteiger partial charge in [-0.3, -0.25) is 0 Å². The number of aliphatic hydroxyl groups is 1. The van der Waals surface area contributed by atoms with E-state index in [4.69, 9.17) is 4.74 Å². The molecule has 3 aliphatic carbocycles. The van der Waals surface area contributed by atoms with E-state index in [0.717, 1.165) is 44.3 Å². The van der Waals surface area contributed by atoms with Crippen LogP contribution in [0.5, 0.6) is 5.75 Å². The van der Waals surface area contributed by atoms with Crippen LogP contribution in [0.2, 0.25) is 0 Å². The molecule has 98 valence electrons. The normalized spacial score (nSPS) is 34.6. The first-order valence-electron chi connectivity index (χ1n) is 6.95. The maximum Gasteiger partial charge on any atom is 0.122 e. The molecule has 0 spiro atoms. The molecule has 0 amide bonds. The zero-order valence-electron chi connectivity index (χ0n) is 11.3. The average Bonchev–Trinajstić information content (AvgIpc) is 2.40. The Bertz CT molecular complexity index is 440. The molecule has 0 saturated heterocycles. The van der Waals surface area contributed by atoms with Gasteiger partial charge in [-0.05, 0) is 56.9 Å². The van der Waals surface area contributed by atoms with Crippen LogP contribution in [0.1, 0.15) is 49.7 Å². The fourth-order valence-electron chi connectivity index (χ4n) is 3.81. The van der Waals surface area contributed by atoms with Gasteiger partial charge in [-0.25, -0.2) is 0 Å². The van der Waals surface area contributed by atoms with Gasteiger partial charge in [-0.2, -0.15) is 0 Å². The van der Waals surface area contributed by atoms with Crippen LogP contribution in [0, 0.1) is 6.92 Å². The van der Waals surface area contributed by atoms with Crippen molar-refractivity contribution in [1.29, 1.82) is 0 Å². The minimum Gasteiger partial charge on any atom is -0.496 e. The summed E-state index contributed by atoms with van der Waals surface area (Å²) in [5.41, 5.74) is 2.55. The molecule has 1 aromatic carbocycles. The topological polar surface area (TPSA) is 29.5 Å². The van der Waals surface area contributed by atoms with Crippen LogP contribution < -0.4 is 4.74 Å². The SMILES string of the molecule is COc1ccc(C)cc1C12CCC(O)(CC1)CC2. The Hall–Kier alpha value is -1.02. The number of hydrogen-bond acceptors (Lipinski definition) is 2. The number of rotatable bonds is 2. The Balaban J connectivity index is 2.02. The smallest absolute Gasteiger partial charge is 0.122 e. The standard InChI is InChI=1S/C16H22O2/c1-12-3-4-14(18-2)13(11-12)15-5-8-16(17,9-6-15)10-7-15/h3-4,11,17H,5-10H2,1-2H3. The third-order valence-corrected chi connectivity index (χ3v) is 5.13. The van der Waals surface area contributed by atoms with Crippen molar-refractivity contribution in [3.05, 3.63) is 29.3 Å². The highest BCUT2D eigenvalue weighted by atomic mass is 16.5. The molecule has 0 atom stereocenters. The number of fused-ring (bicyclic) bond motifs is 3. The van der Waals surface area contributed by atoms with E-state index in [1.165, 1.54) is 11.1 Å². The Morgan fingerprint density at radius 2 is 1.67 bits per heavy atom. The van der Waals surface area contributed by atoms with Gasteiger partial charge in [0.05, 0.1) is 12.7 Å². The molecule has 1 aromatic rings. The third-order valence-electron chi connectivity index (χ3n) is 5.13. The van der Waals surface area contributed by atoms with Gasteiger partial charge in [0, 0.05) is 5.56 Å². The number of aryl methyl sites for hydroxylation is 1. The van der Waals surface area contributed by atoms with Crippen LogP contribution in [0.3, 0.4) is 0 Å². The Labute approximate surface area is 109 Å². The highest BCUT2D eigenvalue weighted by molar-refractivity contribution is 5.43. The lowest BCUT2D eigenvalue weighted by atomic mass is 9.56. The quantitative estimate of drug-likeness (QED) is 0.867. The Kier molecular flexibility index (Phi) is 2.67. The lowest BCUT2D eigenvalue weighted by molar-refractivity contribution is -0.0664. The second kappa shape index (κ2) is 3.99. The van der Waals surface area contributed by atoms with E-state index in [1.807, 2.05) is 0 Å². The second-order valence-corrected chi connectivity index (χ2v) is 6.21. The lowest BCUT2D eigenvalue weighted by Crippen LogP contribution is -2.48. The van der Waals surface area contributed by atoms with Crippen LogP contribution in [0.4, 0.5) is 0 Å². The molecular weight excluding hydrogens is 224 g/mol. The highest BCUT2D eigenvalue weighted by Gasteiger charge is 2.49. The monoisotopic (exact) mass is 246 g/mol. The van der Waals surface area contributed by atoms with Crippen LogP contribution >= 0.6 is 0 Å². The van der Waals surface area contributed by atoms with Crippen molar-refractivity contribution in [2.75, 3.05) is 7.11 Å². The summed E-state index contributed by atoms with van der Waals surface area (Å²) < 4.78 is 5.56. The van der Waals surface area contributed by atoms with E-state index in [-0.39, 0.29) is 11.0 Å². The van der Waals surface area contributed by atoms with Crippen molar-refractivity contribution < 1.29 is 9.84 Å². The van der Waals surface area contributed by atoms with E-state index in [1.54, 1.807) is 7.11 Å². The molecule has 4 rings (SSSR count). The van der Waals surface area contributed by atoms with Crippen LogP contribution in [0.25, 0.3) is 0 Å². The predicted molar refractivity (Wildman–Crippen MR) is 72.1 cm³/mol. The van der Waals surface area contributed by atoms with Crippen molar-refractivity contribution in [1.82, 2.24) is 0 Å². The number of methoxy groups -OCH3 is 1. The molecule has 0 unspecified atom stereocenters. The summed E-state index contributed by atoms with van der Waals surface area (Å²) in [5.74, 6) is 1.02. The summed E-state index contributed by atoms with van der Waals surface area (Å²) in [6.07, 6.45) is 6.15. The maximum absolute atomic E-state index is 10.3. The molecule has 3 aliphatic rings. The minimum absolute atomic E-state index is 0.252. The van der Waals surface area contributed by atoms with Gasteiger partial charge in [0.15, 0.2) is 0 Å². The van der Waals surface area contributed by atoms with E-state index in [2.05, 4.69) is 25.1 Å². The van der Waals surface area contributed by atoms with Gasteiger partial charge in [0.2, 0.25) is 0 Å². The molecule has 3 fully saturated rings. The summed E-state index contributed by atoms with van der Waals surface area (Å²) in [4.78, 5) is 0. The zero-order chi connectivity index (χ0) is 12.8.